The van der Waals surface area contributed by atoms with Gasteiger partial charge in [0, 0.05) is 17.8 Å². The highest BCUT2D eigenvalue weighted by Gasteiger charge is 2.07. The van der Waals surface area contributed by atoms with Crippen LogP contribution >= 0.6 is 0 Å². The van der Waals surface area contributed by atoms with E-state index in [0.717, 1.165) is 11.0 Å². The van der Waals surface area contributed by atoms with Crippen LogP contribution in [-0.2, 0) is 0 Å². The van der Waals surface area contributed by atoms with E-state index in [2.05, 4.69) is 15.0 Å². The van der Waals surface area contributed by atoms with E-state index in [4.69, 9.17) is 0 Å². The van der Waals surface area contributed by atoms with Crippen LogP contribution in [0.2, 0.25) is 0 Å². The number of hydrogen-bond acceptors (Lipinski definition) is 4. The van der Waals surface area contributed by atoms with Crippen LogP contribution < -0.4 is 0 Å². The highest BCUT2D eigenvalue weighted by atomic mass is 16.3. The van der Waals surface area contributed by atoms with Crippen LogP contribution in [0.15, 0.2) is 36.7 Å². The van der Waals surface area contributed by atoms with Crippen LogP contribution in [0.1, 0.15) is 0 Å². The van der Waals surface area contributed by atoms with Gasteiger partial charge >= 0.3 is 0 Å². The third-order valence-corrected chi connectivity index (χ3v) is 2.46. The maximum Gasteiger partial charge on any atom is 0.138 e. The molecule has 2 aromatic heterocycles. The molecule has 0 unspecified atom stereocenters. The first-order valence-electron chi connectivity index (χ1n) is 5.05. The number of phenols is 2. The van der Waals surface area contributed by atoms with E-state index in [1.54, 1.807) is 18.5 Å². The van der Waals surface area contributed by atoms with Gasteiger partial charge in [-0.1, -0.05) is 0 Å². The largest absolute Gasteiger partial charge is 0.508 e. The number of benzene rings is 1. The highest BCUT2D eigenvalue weighted by Crippen LogP contribution is 2.27. The quantitative estimate of drug-likeness (QED) is 0.594. The van der Waals surface area contributed by atoms with Gasteiger partial charge in [0.25, 0.3) is 0 Å². The molecule has 0 aliphatic heterocycles. The number of nitrogens with zero attached hydrogens (tertiary/aromatic N) is 2. The Morgan fingerprint density at radius 3 is 2.53 bits per heavy atom. The Labute approximate surface area is 96.4 Å². The number of aromatic nitrogens is 3. The first-order valence-corrected chi connectivity index (χ1v) is 5.05. The van der Waals surface area contributed by atoms with Crippen molar-refractivity contribution in [2.75, 3.05) is 0 Å². The van der Waals surface area contributed by atoms with Gasteiger partial charge in [-0.05, 0) is 18.2 Å². The van der Waals surface area contributed by atoms with Crippen molar-refractivity contribution in [1.29, 1.82) is 0 Å². The minimum absolute atomic E-state index is 0.00131. The molecule has 0 bridgehead atoms. The molecule has 0 spiro atoms. The molecule has 3 N–H and O–H groups in total. The summed E-state index contributed by atoms with van der Waals surface area (Å²) >= 11 is 0. The predicted molar refractivity (Wildman–Crippen MR) is 62.7 cm³/mol. The van der Waals surface area contributed by atoms with Crippen molar-refractivity contribution in [3.63, 3.8) is 0 Å². The number of aromatic hydroxyl groups is 2. The highest BCUT2D eigenvalue weighted by molar-refractivity contribution is 5.78. The van der Waals surface area contributed by atoms with Crippen molar-refractivity contribution in [1.82, 2.24) is 15.0 Å². The standard InChI is InChI=1S/C12H9N3O2/c16-8-3-7(4-9(17)5-8)12-14-10-1-2-13-6-11(10)15-12/h1-6,16-17H,(H,14,15). The molecule has 0 atom stereocenters. The number of aromatic amines is 1. The van der Waals surface area contributed by atoms with Crippen LogP contribution in [0.3, 0.4) is 0 Å². The summed E-state index contributed by atoms with van der Waals surface area (Å²) in [6, 6.07) is 6.13. The fourth-order valence-corrected chi connectivity index (χ4v) is 1.73. The zero-order valence-corrected chi connectivity index (χ0v) is 8.75. The number of hydrogen-bond donors (Lipinski definition) is 3. The molecule has 1 aromatic carbocycles. The number of fused-ring (bicyclic) bond motifs is 1. The number of pyridine rings is 1. The van der Waals surface area contributed by atoms with Crippen molar-refractivity contribution in [2.45, 2.75) is 0 Å². The summed E-state index contributed by atoms with van der Waals surface area (Å²) in [6.45, 7) is 0. The van der Waals surface area contributed by atoms with E-state index in [-0.39, 0.29) is 11.5 Å². The molecule has 0 saturated carbocycles. The maximum absolute atomic E-state index is 9.42. The van der Waals surface area contributed by atoms with E-state index in [9.17, 15) is 10.2 Å². The van der Waals surface area contributed by atoms with Gasteiger partial charge in [0.15, 0.2) is 0 Å². The Hall–Kier alpha value is -2.56. The van der Waals surface area contributed by atoms with Crippen molar-refractivity contribution in [3.05, 3.63) is 36.7 Å². The number of H-pyrrole nitrogens is 1. The maximum atomic E-state index is 9.42. The van der Waals surface area contributed by atoms with Gasteiger partial charge in [0.05, 0.1) is 17.2 Å². The van der Waals surface area contributed by atoms with Crippen molar-refractivity contribution < 1.29 is 10.2 Å². The molecule has 2 heterocycles. The van der Waals surface area contributed by atoms with E-state index in [1.165, 1.54) is 18.2 Å². The van der Waals surface area contributed by atoms with Crippen LogP contribution in [0.5, 0.6) is 11.5 Å². The second-order valence-electron chi connectivity index (χ2n) is 3.72. The summed E-state index contributed by atoms with van der Waals surface area (Å²) in [5.41, 5.74) is 2.22. The zero-order chi connectivity index (χ0) is 11.8. The first-order chi connectivity index (χ1) is 8.22. The number of rotatable bonds is 1. The van der Waals surface area contributed by atoms with Crippen molar-refractivity contribution in [3.8, 4) is 22.9 Å². The summed E-state index contributed by atoms with van der Waals surface area (Å²) in [5.74, 6) is 0.580. The van der Waals surface area contributed by atoms with Crippen molar-refractivity contribution in [2.24, 2.45) is 0 Å². The topological polar surface area (TPSA) is 82.0 Å². The first kappa shape index (κ1) is 9.65. The lowest BCUT2D eigenvalue weighted by molar-refractivity contribution is 0.451. The van der Waals surface area contributed by atoms with Crippen LogP contribution in [-0.4, -0.2) is 25.2 Å². The van der Waals surface area contributed by atoms with Crippen molar-refractivity contribution >= 4 is 11.0 Å². The molecule has 0 aliphatic carbocycles. The van der Waals surface area contributed by atoms with E-state index < -0.39 is 0 Å². The second-order valence-corrected chi connectivity index (χ2v) is 3.72. The predicted octanol–water partition coefficient (Wildman–Crippen LogP) is 2.04. The summed E-state index contributed by atoms with van der Waals surface area (Å²) in [6.07, 6.45) is 3.33. The fourth-order valence-electron chi connectivity index (χ4n) is 1.73. The molecule has 0 aliphatic rings. The van der Waals surface area contributed by atoms with Gasteiger partial charge in [0.1, 0.15) is 17.3 Å². The normalized spacial score (nSPS) is 10.8. The average molecular weight is 227 g/mol. The van der Waals surface area contributed by atoms with E-state index in [1.807, 2.05) is 0 Å². The van der Waals surface area contributed by atoms with Gasteiger partial charge in [0.2, 0.25) is 0 Å². The molecule has 3 aromatic rings. The summed E-state index contributed by atoms with van der Waals surface area (Å²) in [7, 11) is 0. The Kier molecular flexibility index (Phi) is 1.98. The van der Waals surface area contributed by atoms with Gasteiger partial charge in [-0.2, -0.15) is 0 Å². The number of phenolic OH excluding ortho intramolecular Hbond substituents is 2. The summed E-state index contributed by atoms with van der Waals surface area (Å²) in [4.78, 5) is 11.4. The Bertz CT molecular complexity index is 638. The molecule has 5 heteroatoms. The molecule has 5 nitrogen and oxygen atoms in total. The number of nitrogens with one attached hydrogen (secondary N) is 1. The molecule has 84 valence electrons. The van der Waals surface area contributed by atoms with Gasteiger partial charge < -0.3 is 15.2 Å². The molecule has 0 fully saturated rings. The minimum atomic E-state index is -0.00131. The molecule has 0 amide bonds. The van der Waals surface area contributed by atoms with Gasteiger partial charge in [-0.3, -0.25) is 4.98 Å². The van der Waals surface area contributed by atoms with Gasteiger partial charge in [-0.15, -0.1) is 0 Å². The Morgan fingerprint density at radius 1 is 1.06 bits per heavy atom. The minimum Gasteiger partial charge on any atom is -0.508 e. The molecule has 0 radical (unpaired) electrons. The van der Waals surface area contributed by atoms with Gasteiger partial charge in [-0.25, -0.2) is 4.98 Å². The fraction of sp³-hybridized carbons (Fsp3) is 0. The van der Waals surface area contributed by atoms with E-state index >= 15 is 0 Å². The zero-order valence-electron chi connectivity index (χ0n) is 8.75. The molecular weight excluding hydrogens is 218 g/mol. The third-order valence-electron chi connectivity index (χ3n) is 2.46. The Balaban J connectivity index is 2.20. The summed E-state index contributed by atoms with van der Waals surface area (Å²) < 4.78 is 0. The third kappa shape index (κ3) is 1.67. The monoisotopic (exact) mass is 227 g/mol. The smallest absolute Gasteiger partial charge is 0.138 e. The van der Waals surface area contributed by atoms with Crippen LogP contribution in [0, 0.1) is 0 Å². The van der Waals surface area contributed by atoms with Crippen LogP contribution in [0.25, 0.3) is 22.4 Å². The molecule has 17 heavy (non-hydrogen) atoms. The number of imidazole rings is 1. The average Bonchev–Trinajstić information content (AvgIpc) is 2.71. The molecule has 3 rings (SSSR count). The molecule has 0 saturated heterocycles. The molecular formula is C12H9N3O2. The lowest BCUT2D eigenvalue weighted by Crippen LogP contribution is -1.80. The second kappa shape index (κ2) is 3.48. The Morgan fingerprint density at radius 2 is 1.82 bits per heavy atom. The lowest BCUT2D eigenvalue weighted by atomic mass is 10.2. The van der Waals surface area contributed by atoms with Crippen LogP contribution in [0.4, 0.5) is 0 Å². The lowest BCUT2D eigenvalue weighted by Gasteiger charge is -1.99. The SMILES string of the molecule is Oc1cc(O)cc(-c2nc3ccncc3[nH]2)c1. The van der Waals surface area contributed by atoms with E-state index in [0.29, 0.717) is 11.4 Å². The summed E-state index contributed by atoms with van der Waals surface area (Å²) in [5, 5.41) is 18.8.